The maximum atomic E-state index is 2.51. The van der Waals surface area contributed by atoms with Crippen molar-refractivity contribution in [1.82, 2.24) is 9.13 Å². The summed E-state index contributed by atoms with van der Waals surface area (Å²) in [4.78, 5) is 0. The topological polar surface area (TPSA) is 9.86 Å². The van der Waals surface area contributed by atoms with Crippen molar-refractivity contribution in [2.24, 2.45) is 5.92 Å². The maximum absolute atomic E-state index is 2.51. The summed E-state index contributed by atoms with van der Waals surface area (Å²) in [7, 11) is 0. The first-order valence-corrected chi connectivity index (χ1v) is 18.5. The van der Waals surface area contributed by atoms with Crippen LogP contribution >= 0.6 is 0 Å². The molecule has 0 aliphatic heterocycles. The molecule has 0 radical (unpaired) electrons. The summed E-state index contributed by atoms with van der Waals surface area (Å²) in [5, 5.41) is 3.94. The molecule has 51 heavy (non-hydrogen) atoms. The third-order valence-electron chi connectivity index (χ3n) is 11.3. The average Bonchev–Trinajstić information content (AvgIpc) is 3.70. The summed E-state index contributed by atoms with van der Waals surface area (Å²) in [6.07, 6.45) is 21.7. The third-order valence-corrected chi connectivity index (χ3v) is 11.3. The smallest absolute Gasteiger partial charge is 0.0538 e. The first-order chi connectivity index (χ1) is 25.2. The van der Waals surface area contributed by atoms with Crippen molar-refractivity contribution >= 4 is 44.5 Å². The Morgan fingerprint density at radius 1 is 0.549 bits per heavy atom. The molecule has 0 bridgehead atoms. The van der Waals surface area contributed by atoms with Gasteiger partial charge in [0.05, 0.1) is 16.6 Å². The molecule has 2 heterocycles. The zero-order chi connectivity index (χ0) is 33.9. The van der Waals surface area contributed by atoms with Gasteiger partial charge < -0.3 is 9.13 Å². The van der Waals surface area contributed by atoms with E-state index in [1.54, 1.807) is 0 Å². The lowest BCUT2D eigenvalue weighted by molar-refractivity contribution is 0.690. The summed E-state index contributed by atoms with van der Waals surface area (Å²) in [5.41, 5.74) is 17.2. The normalized spacial score (nSPS) is 17.1. The van der Waals surface area contributed by atoms with Crippen LogP contribution in [0.3, 0.4) is 0 Å². The van der Waals surface area contributed by atoms with E-state index in [4.69, 9.17) is 0 Å². The molecule has 3 aliphatic carbocycles. The highest BCUT2D eigenvalue weighted by Gasteiger charge is 2.23. The second-order valence-corrected chi connectivity index (χ2v) is 14.5. The second kappa shape index (κ2) is 12.2. The van der Waals surface area contributed by atoms with Crippen LogP contribution in [0.4, 0.5) is 0 Å². The standard InChI is InChI=1S/C49H40N2/c1-33-16-27-43-45-32-39(22-29-48(45)51(49(43)30-33)41-25-19-37(20-26-41)35-12-6-3-7-13-35)38-21-28-47-44(31-38)42-14-8-9-15-46(42)50(47)40-23-17-36(18-24-40)34-10-4-2-5-11-34/h2-4,6-10,12-17,19-23,25-29,31-33H,5,11,18,24,30H2,1H3. The van der Waals surface area contributed by atoms with Crippen LogP contribution in [0.15, 0.2) is 163 Å². The summed E-state index contributed by atoms with van der Waals surface area (Å²) >= 11 is 0. The molecular weight excluding hydrogens is 617 g/mol. The van der Waals surface area contributed by atoms with E-state index in [1.165, 1.54) is 88.8 Å². The van der Waals surface area contributed by atoms with Crippen LogP contribution in [-0.2, 0) is 6.42 Å². The predicted molar refractivity (Wildman–Crippen MR) is 217 cm³/mol. The first-order valence-electron chi connectivity index (χ1n) is 18.5. The zero-order valence-corrected chi connectivity index (χ0v) is 29.0. The molecule has 1 unspecified atom stereocenters. The van der Waals surface area contributed by atoms with E-state index in [-0.39, 0.29) is 0 Å². The summed E-state index contributed by atoms with van der Waals surface area (Å²) < 4.78 is 5.00. The predicted octanol–water partition coefficient (Wildman–Crippen LogP) is 13.1. The van der Waals surface area contributed by atoms with E-state index in [9.17, 15) is 0 Å². The SMILES string of the molecule is CC1C=Cc2c(n(-c3ccc(-c4ccccc4)cc3)c3ccc(-c4ccc5c(c4)c4ccccc4n5C4=CC=C(C5=CC=CCC5)CC4)cc23)C1. The van der Waals surface area contributed by atoms with Crippen LogP contribution in [0.25, 0.3) is 72.4 Å². The lowest BCUT2D eigenvalue weighted by atomic mass is 9.90. The fraction of sp³-hybridized carbons (Fsp3) is 0.143. The fourth-order valence-electron chi connectivity index (χ4n) is 8.71. The highest BCUT2D eigenvalue weighted by atomic mass is 15.0. The number of hydrogen-bond acceptors (Lipinski definition) is 0. The first kappa shape index (κ1) is 30.0. The molecule has 2 aromatic heterocycles. The number of nitrogens with zero attached hydrogens (tertiary/aromatic N) is 2. The lowest BCUT2D eigenvalue weighted by Gasteiger charge is -2.20. The zero-order valence-electron chi connectivity index (χ0n) is 29.0. The Morgan fingerprint density at radius 2 is 1.24 bits per heavy atom. The Balaban J connectivity index is 1.07. The molecule has 246 valence electrons. The van der Waals surface area contributed by atoms with E-state index in [2.05, 4.69) is 174 Å². The number of aromatic nitrogens is 2. The van der Waals surface area contributed by atoms with Gasteiger partial charge in [0.25, 0.3) is 0 Å². The summed E-state index contributed by atoms with van der Waals surface area (Å²) in [5.74, 6) is 0.506. The monoisotopic (exact) mass is 656 g/mol. The van der Waals surface area contributed by atoms with Gasteiger partial charge in [0.2, 0.25) is 0 Å². The van der Waals surface area contributed by atoms with Crippen molar-refractivity contribution in [2.45, 2.75) is 39.0 Å². The molecule has 7 aromatic rings. The Hall–Kier alpha value is -5.86. The van der Waals surface area contributed by atoms with E-state index in [1.807, 2.05) is 0 Å². The summed E-state index contributed by atoms with van der Waals surface area (Å²) in [6.45, 7) is 2.32. The van der Waals surface area contributed by atoms with Crippen molar-refractivity contribution in [1.29, 1.82) is 0 Å². The van der Waals surface area contributed by atoms with E-state index >= 15 is 0 Å². The van der Waals surface area contributed by atoms with E-state index in [0.29, 0.717) is 5.92 Å². The molecular formula is C49H40N2. The molecule has 0 saturated heterocycles. The molecule has 0 spiro atoms. The van der Waals surface area contributed by atoms with Crippen LogP contribution < -0.4 is 0 Å². The van der Waals surface area contributed by atoms with E-state index < -0.39 is 0 Å². The minimum absolute atomic E-state index is 0.506. The highest BCUT2D eigenvalue weighted by molar-refractivity contribution is 6.11. The molecule has 10 rings (SSSR count). The quantitative estimate of drug-likeness (QED) is 0.174. The van der Waals surface area contributed by atoms with Gasteiger partial charge in [0.1, 0.15) is 0 Å². The summed E-state index contributed by atoms with van der Waals surface area (Å²) in [6, 6.07) is 42.8. The number of allylic oxidation sites excluding steroid dienone is 9. The van der Waals surface area contributed by atoms with Gasteiger partial charge in [-0.25, -0.2) is 0 Å². The molecule has 0 amide bonds. The largest absolute Gasteiger partial charge is 0.313 e. The van der Waals surface area contributed by atoms with Crippen molar-refractivity contribution < 1.29 is 0 Å². The highest BCUT2D eigenvalue weighted by Crippen LogP contribution is 2.41. The van der Waals surface area contributed by atoms with Gasteiger partial charge >= 0.3 is 0 Å². The Morgan fingerprint density at radius 3 is 2.00 bits per heavy atom. The Labute approximate surface area is 299 Å². The van der Waals surface area contributed by atoms with Crippen LogP contribution in [0.2, 0.25) is 0 Å². The molecule has 1 atom stereocenters. The fourth-order valence-corrected chi connectivity index (χ4v) is 8.71. The van der Waals surface area contributed by atoms with Gasteiger partial charge in [-0.3, -0.25) is 0 Å². The van der Waals surface area contributed by atoms with Crippen LogP contribution in [0, 0.1) is 5.92 Å². The van der Waals surface area contributed by atoms with Crippen molar-refractivity contribution in [3.8, 4) is 27.9 Å². The number of rotatable bonds is 5. The number of fused-ring (bicyclic) bond motifs is 6. The average molecular weight is 657 g/mol. The van der Waals surface area contributed by atoms with Gasteiger partial charge in [-0.15, -0.1) is 0 Å². The maximum Gasteiger partial charge on any atom is 0.0538 e. The lowest BCUT2D eigenvalue weighted by Crippen LogP contribution is -2.08. The third kappa shape index (κ3) is 5.09. The van der Waals surface area contributed by atoms with Gasteiger partial charge in [0.15, 0.2) is 0 Å². The van der Waals surface area contributed by atoms with Crippen LogP contribution in [-0.4, -0.2) is 9.13 Å². The van der Waals surface area contributed by atoms with Gasteiger partial charge in [-0.1, -0.05) is 116 Å². The molecule has 0 fully saturated rings. The van der Waals surface area contributed by atoms with Gasteiger partial charge in [-0.05, 0) is 120 Å². The second-order valence-electron chi connectivity index (χ2n) is 14.5. The van der Waals surface area contributed by atoms with Crippen molar-refractivity contribution in [3.63, 3.8) is 0 Å². The minimum Gasteiger partial charge on any atom is -0.313 e. The number of para-hydroxylation sites is 1. The van der Waals surface area contributed by atoms with Crippen molar-refractivity contribution in [3.05, 3.63) is 174 Å². The number of benzene rings is 5. The molecule has 0 N–H and O–H groups in total. The van der Waals surface area contributed by atoms with Crippen LogP contribution in [0.5, 0.6) is 0 Å². The van der Waals surface area contributed by atoms with E-state index in [0.717, 1.165) is 32.1 Å². The molecule has 5 aromatic carbocycles. The van der Waals surface area contributed by atoms with Crippen molar-refractivity contribution in [2.75, 3.05) is 0 Å². The number of hydrogen-bond donors (Lipinski definition) is 0. The molecule has 3 aliphatic rings. The minimum atomic E-state index is 0.506. The Bertz CT molecular complexity index is 2650. The Kier molecular flexibility index (Phi) is 7.16. The molecule has 2 heteroatoms. The van der Waals surface area contributed by atoms with Gasteiger partial charge in [0, 0.05) is 38.8 Å². The molecule has 2 nitrogen and oxygen atoms in total. The molecule has 0 saturated carbocycles. The van der Waals surface area contributed by atoms with Crippen LogP contribution in [0.1, 0.15) is 43.9 Å². The van der Waals surface area contributed by atoms with Gasteiger partial charge in [-0.2, -0.15) is 0 Å².